The van der Waals surface area contributed by atoms with E-state index in [0.29, 0.717) is 17.4 Å². The summed E-state index contributed by atoms with van der Waals surface area (Å²) in [6, 6.07) is 8.29. The van der Waals surface area contributed by atoms with Gasteiger partial charge in [0, 0.05) is 12.1 Å². The molecule has 0 spiro atoms. The summed E-state index contributed by atoms with van der Waals surface area (Å²) in [6.45, 7) is 0. The number of ether oxygens (including phenoxy) is 1. The van der Waals surface area contributed by atoms with Gasteiger partial charge in [0.15, 0.2) is 0 Å². The fourth-order valence-corrected chi connectivity index (χ4v) is 4.04. The van der Waals surface area contributed by atoms with Crippen LogP contribution in [-0.4, -0.2) is 45.0 Å². The van der Waals surface area contributed by atoms with Gasteiger partial charge in [-0.05, 0) is 37.8 Å². The monoisotopic (exact) mass is 312 g/mol. The average Bonchev–Trinajstić information content (AvgIpc) is 3.21. The van der Waals surface area contributed by atoms with Crippen LogP contribution in [0.3, 0.4) is 0 Å². The first kappa shape index (κ1) is 14.2. The van der Waals surface area contributed by atoms with E-state index in [1.807, 2.05) is 24.3 Å². The van der Waals surface area contributed by atoms with Crippen LogP contribution in [0, 0.1) is 0 Å². The third-order valence-electron chi connectivity index (χ3n) is 5.04. The van der Waals surface area contributed by atoms with E-state index in [9.17, 15) is 4.79 Å². The van der Waals surface area contributed by atoms with E-state index in [1.54, 1.807) is 24.3 Å². The Morgan fingerprint density at radius 2 is 1.74 bits per heavy atom. The smallest absolute Gasteiger partial charge is 0.258 e. The first-order chi connectivity index (χ1) is 11.3. The molecule has 2 saturated heterocycles. The highest BCUT2D eigenvalue weighted by molar-refractivity contribution is 5.97. The largest absolute Gasteiger partial charge is 0.496 e. The normalized spacial score (nSPS) is 26.3. The zero-order chi connectivity index (χ0) is 15.8. The summed E-state index contributed by atoms with van der Waals surface area (Å²) < 4.78 is 5.36. The summed E-state index contributed by atoms with van der Waals surface area (Å²) in [4.78, 5) is 16.9. The molecule has 6 heteroatoms. The minimum Gasteiger partial charge on any atom is -0.496 e. The van der Waals surface area contributed by atoms with Gasteiger partial charge in [0.1, 0.15) is 5.75 Å². The number of nitrogens with zero attached hydrogens (tertiary/aromatic N) is 4. The molecule has 23 heavy (non-hydrogen) atoms. The fraction of sp³-hybridized carbons (Fsp3) is 0.471. The van der Waals surface area contributed by atoms with Crippen LogP contribution in [0.2, 0.25) is 0 Å². The number of carbonyl (C=O) groups excluding carboxylic acids is 1. The van der Waals surface area contributed by atoms with Gasteiger partial charge < -0.3 is 9.64 Å². The van der Waals surface area contributed by atoms with E-state index < -0.39 is 0 Å². The van der Waals surface area contributed by atoms with Gasteiger partial charge in [0.25, 0.3) is 5.91 Å². The molecule has 1 amide bonds. The lowest BCUT2D eigenvalue weighted by Gasteiger charge is -2.38. The fourth-order valence-electron chi connectivity index (χ4n) is 4.04. The molecule has 3 heterocycles. The number of aromatic nitrogens is 3. The minimum atomic E-state index is 0.0850. The van der Waals surface area contributed by atoms with Crippen LogP contribution in [0.4, 0.5) is 0 Å². The molecule has 2 atom stereocenters. The van der Waals surface area contributed by atoms with Crippen molar-refractivity contribution in [3.05, 3.63) is 42.2 Å². The number of hydrogen-bond acceptors (Lipinski definition) is 4. The Bertz CT molecular complexity index is 686. The average molecular weight is 312 g/mol. The van der Waals surface area contributed by atoms with Crippen LogP contribution in [0.1, 0.15) is 42.1 Å². The van der Waals surface area contributed by atoms with E-state index in [2.05, 4.69) is 15.1 Å². The maximum atomic E-state index is 13.0. The van der Waals surface area contributed by atoms with Crippen molar-refractivity contribution in [2.45, 2.75) is 43.8 Å². The van der Waals surface area contributed by atoms with Crippen molar-refractivity contribution in [2.24, 2.45) is 0 Å². The summed E-state index contributed by atoms with van der Waals surface area (Å²) >= 11 is 0. The second-order valence-corrected chi connectivity index (χ2v) is 6.27. The molecule has 0 N–H and O–H groups in total. The van der Waals surface area contributed by atoms with E-state index in [-0.39, 0.29) is 18.0 Å². The maximum Gasteiger partial charge on any atom is 0.258 e. The molecule has 0 aliphatic carbocycles. The Morgan fingerprint density at radius 1 is 1.09 bits per heavy atom. The summed E-state index contributed by atoms with van der Waals surface area (Å²) in [5.41, 5.74) is 0.655. The number of para-hydroxylation sites is 1. The van der Waals surface area contributed by atoms with Crippen LogP contribution in [0.25, 0.3) is 0 Å². The third-order valence-corrected chi connectivity index (χ3v) is 5.04. The first-order valence-corrected chi connectivity index (χ1v) is 8.09. The van der Waals surface area contributed by atoms with E-state index in [4.69, 9.17) is 4.74 Å². The van der Waals surface area contributed by atoms with Crippen LogP contribution < -0.4 is 4.74 Å². The molecule has 0 radical (unpaired) electrons. The first-order valence-electron chi connectivity index (χ1n) is 8.09. The van der Waals surface area contributed by atoms with E-state index in [1.165, 1.54) is 0 Å². The van der Waals surface area contributed by atoms with Crippen molar-refractivity contribution in [3.63, 3.8) is 0 Å². The summed E-state index contributed by atoms with van der Waals surface area (Å²) in [7, 11) is 1.61. The number of carbonyl (C=O) groups is 1. The van der Waals surface area contributed by atoms with Gasteiger partial charge in [-0.1, -0.05) is 12.1 Å². The van der Waals surface area contributed by atoms with Crippen LogP contribution in [0.15, 0.2) is 36.7 Å². The highest BCUT2D eigenvalue weighted by Crippen LogP contribution is 2.41. The van der Waals surface area contributed by atoms with Crippen molar-refractivity contribution in [3.8, 4) is 5.75 Å². The molecule has 2 unspecified atom stereocenters. The Labute approximate surface area is 135 Å². The summed E-state index contributed by atoms with van der Waals surface area (Å²) in [5, 5.41) is 8.55. The Kier molecular flexibility index (Phi) is 3.52. The molecule has 120 valence electrons. The molecular formula is C17H20N4O2. The van der Waals surface area contributed by atoms with Gasteiger partial charge in [-0.3, -0.25) is 4.79 Å². The number of piperidine rings is 1. The highest BCUT2D eigenvalue weighted by Gasteiger charge is 2.44. The molecule has 2 aliphatic rings. The predicted octanol–water partition coefficient (Wildman–Crippen LogP) is 2.29. The zero-order valence-electron chi connectivity index (χ0n) is 13.1. The minimum absolute atomic E-state index is 0.0850. The number of amides is 1. The number of fused-ring (bicyclic) bond motifs is 2. The number of rotatable bonds is 3. The van der Waals surface area contributed by atoms with Gasteiger partial charge >= 0.3 is 0 Å². The summed E-state index contributed by atoms with van der Waals surface area (Å²) in [6.07, 6.45) is 7.40. The van der Waals surface area contributed by atoms with Crippen molar-refractivity contribution >= 4 is 5.91 Å². The van der Waals surface area contributed by atoms with Crippen molar-refractivity contribution in [1.29, 1.82) is 0 Å². The SMILES string of the molecule is COc1ccccc1C(=O)N1C2CCC1CC(n1nccn1)C2. The molecule has 0 saturated carbocycles. The van der Waals surface area contributed by atoms with E-state index in [0.717, 1.165) is 25.7 Å². The molecule has 2 aliphatic heterocycles. The molecule has 4 rings (SSSR count). The Hall–Kier alpha value is -2.37. The van der Waals surface area contributed by atoms with Gasteiger partial charge in [-0.25, -0.2) is 0 Å². The zero-order valence-corrected chi connectivity index (χ0v) is 13.1. The molecule has 1 aromatic heterocycles. The number of benzene rings is 1. The van der Waals surface area contributed by atoms with Crippen LogP contribution in [-0.2, 0) is 0 Å². The van der Waals surface area contributed by atoms with E-state index >= 15 is 0 Å². The lowest BCUT2D eigenvalue weighted by atomic mass is 9.96. The van der Waals surface area contributed by atoms with Gasteiger partial charge in [-0.15, -0.1) is 0 Å². The van der Waals surface area contributed by atoms with Crippen molar-refractivity contribution in [2.75, 3.05) is 7.11 Å². The third kappa shape index (κ3) is 2.38. The standard InChI is InChI=1S/C17H20N4O2/c1-23-16-5-3-2-4-15(16)17(22)20-12-6-7-13(20)11-14(10-12)21-18-8-9-19-21/h2-5,8-9,12-14H,6-7,10-11H2,1H3. The molecule has 2 aromatic rings. The lowest BCUT2D eigenvalue weighted by molar-refractivity contribution is 0.0509. The lowest BCUT2D eigenvalue weighted by Crippen LogP contribution is -2.47. The van der Waals surface area contributed by atoms with Crippen LogP contribution in [0.5, 0.6) is 5.75 Å². The van der Waals surface area contributed by atoms with Gasteiger partial charge in [-0.2, -0.15) is 15.0 Å². The highest BCUT2D eigenvalue weighted by atomic mass is 16.5. The number of methoxy groups -OCH3 is 1. The van der Waals surface area contributed by atoms with Gasteiger partial charge in [0.2, 0.25) is 0 Å². The molecular weight excluding hydrogens is 292 g/mol. The van der Waals surface area contributed by atoms with Crippen molar-refractivity contribution in [1.82, 2.24) is 19.9 Å². The van der Waals surface area contributed by atoms with Crippen molar-refractivity contribution < 1.29 is 9.53 Å². The second-order valence-electron chi connectivity index (χ2n) is 6.27. The Morgan fingerprint density at radius 3 is 2.39 bits per heavy atom. The summed E-state index contributed by atoms with van der Waals surface area (Å²) in [5.74, 6) is 0.731. The molecule has 6 nitrogen and oxygen atoms in total. The van der Waals surface area contributed by atoms with Gasteiger partial charge in [0.05, 0.1) is 31.1 Å². The number of hydrogen-bond donors (Lipinski definition) is 0. The van der Waals surface area contributed by atoms with Crippen LogP contribution >= 0.6 is 0 Å². The Balaban J connectivity index is 1.58. The quantitative estimate of drug-likeness (QED) is 0.872. The molecule has 2 fully saturated rings. The maximum absolute atomic E-state index is 13.0. The second kappa shape index (κ2) is 5.68. The molecule has 2 bridgehead atoms. The molecule has 1 aromatic carbocycles. The predicted molar refractivity (Wildman–Crippen MR) is 84.3 cm³/mol. The topological polar surface area (TPSA) is 60.2 Å².